The van der Waals surface area contributed by atoms with Gasteiger partial charge in [0.25, 0.3) is 0 Å². The van der Waals surface area contributed by atoms with Crippen LogP contribution in [0.5, 0.6) is 0 Å². The van der Waals surface area contributed by atoms with E-state index in [4.69, 9.17) is 14.3 Å². The predicted molar refractivity (Wildman–Crippen MR) is 62.9 cm³/mol. The van der Waals surface area contributed by atoms with Crippen molar-refractivity contribution in [2.45, 2.75) is 19.1 Å². The molecule has 0 radical (unpaired) electrons. The Labute approximate surface area is 112 Å². The van der Waals surface area contributed by atoms with E-state index in [1.54, 1.807) is 6.92 Å². The monoisotopic (exact) mass is 284 g/mol. The van der Waals surface area contributed by atoms with Crippen LogP contribution in [-0.2, 0) is 14.3 Å². The summed E-state index contributed by atoms with van der Waals surface area (Å²) in [6, 6.07) is 1.37. The van der Waals surface area contributed by atoms with Crippen LogP contribution in [0.25, 0.3) is 0 Å². The Morgan fingerprint density at radius 3 is 2.80 bits per heavy atom. The van der Waals surface area contributed by atoms with Crippen molar-refractivity contribution in [2.75, 3.05) is 13.2 Å². The molecule has 9 heteroatoms. The molecule has 108 valence electrons. The highest BCUT2D eigenvalue weighted by atomic mass is 16.6. The van der Waals surface area contributed by atoms with E-state index >= 15 is 0 Å². The molecule has 1 N–H and O–H groups in total. The standard InChI is InChI=1S/C11H12N2O7/c1-2-12-7(14)5-19-10(11(15)16)9(12)6-3-4-8(20-6)13(17)18/h3-4,9-10H,2,5H2,1H3,(H,15,16). The number of carbonyl (C=O) groups excluding carboxylic acids is 1. The van der Waals surface area contributed by atoms with Gasteiger partial charge in [0, 0.05) is 6.54 Å². The molecular formula is C11H12N2O7. The number of carboxylic acid groups (broad SMARTS) is 1. The smallest absolute Gasteiger partial charge is 0.433 e. The van der Waals surface area contributed by atoms with Crippen molar-refractivity contribution in [3.8, 4) is 0 Å². The van der Waals surface area contributed by atoms with Crippen LogP contribution in [-0.4, -0.2) is 46.1 Å². The summed E-state index contributed by atoms with van der Waals surface area (Å²) in [5.41, 5.74) is 0. The molecule has 1 aromatic heterocycles. The molecule has 2 atom stereocenters. The minimum absolute atomic E-state index is 0.0130. The Balaban J connectivity index is 2.41. The number of ether oxygens (including phenoxy) is 1. The molecule has 1 fully saturated rings. The molecule has 0 aromatic carbocycles. The van der Waals surface area contributed by atoms with Gasteiger partial charge < -0.3 is 19.2 Å². The van der Waals surface area contributed by atoms with Gasteiger partial charge in [-0.1, -0.05) is 0 Å². The van der Waals surface area contributed by atoms with E-state index in [0.29, 0.717) is 0 Å². The van der Waals surface area contributed by atoms with Crippen molar-refractivity contribution in [1.82, 2.24) is 4.90 Å². The number of rotatable bonds is 4. The first-order chi connectivity index (χ1) is 9.45. The van der Waals surface area contributed by atoms with Gasteiger partial charge in [0.2, 0.25) is 5.91 Å². The average molecular weight is 284 g/mol. The van der Waals surface area contributed by atoms with Gasteiger partial charge in [0.05, 0.1) is 6.07 Å². The molecule has 1 amide bonds. The molecule has 2 heterocycles. The van der Waals surface area contributed by atoms with Crippen LogP contribution in [0.2, 0.25) is 0 Å². The minimum Gasteiger partial charge on any atom is -0.479 e. The van der Waals surface area contributed by atoms with E-state index < -0.39 is 34.8 Å². The number of hydrogen-bond acceptors (Lipinski definition) is 6. The lowest BCUT2D eigenvalue weighted by Gasteiger charge is -2.37. The van der Waals surface area contributed by atoms with Crippen molar-refractivity contribution in [3.63, 3.8) is 0 Å². The number of aliphatic carboxylic acids is 1. The number of amides is 1. The number of furan rings is 1. The lowest BCUT2D eigenvalue weighted by atomic mass is 10.0. The third kappa shape index (κ3) is 2.35. The molecule has 2 rings (SSSR count). The largest absolute Gasteiger partial charge is 0.479 e. The number of carbonyl (C=O) groups is 2. The van der Waals surface area contributed by atoms with Crippen LogP contribution in [0, 0.1) is 10.1 Å². The van der Waals surface area contributed by atoms with E-state index in [1.165, 1.54) is 11.0 Å². The number of morpholine rings is 1. The molecule has 1 aromatic rings. The maximum atomic E-state index is 11.8. The molecule has 2 unspecified atom stereocenters. The Morgan fingerprint density at radius 2 is 2.30 bits per heavy atom. The highest BCUT2D eigenvalue weighted by Gasteiger charge is 2.43. The number of carboxylic acids is 1. The summed E-state index contributed by atoms with van der Waals surface area (Å²) in [5, 5.41) is 19.8. The van der Waals surface area contributed by atoms with Crippen LogP contribution in [0.15, 0.2) is 16.5 Å². The van der Waals surface area contributed by atoms with Crippen molar-refractivity contribution >= 4 is 17.8 Å². The molecular weight excluding hydrogens is 272 g/mol. The summed E-state index contributed by atoms with van der Waals surface area (Å²) in [5.74, 6) is -2.16. The van der Waals surface area contributed by atoms with Gasteiger partial charge >= 0.3 is 11.9 Å². The van der Waals surface area contributed by atoms with E-state index in [-0.39, 0.29) is 18.9 Å². The first-order valence-corrected chi connectivity index (χ1v) is 5.83. The summed E-state index contributed by atoms with van der Waals surface area (Å²) >= 11 is 0. The Morgan fingerprint density at radius 1 is 1.60 bits per heavy atom. The fourth-order valence-corrected chi connectivity index (χ4v) is 2.14. The summed E-state index contributed by atoms with van der Waals surface area (Å²) in [4.78, 5) is 34.1. The summed E-state index contributed by atoms with van der Waals surface area (Å²) in [7, 11) is 0. The van der Waals surface area contributed by atoms with E-state index in [0.717, 1.165) is 6.07 Å². The van der Waals surface area contributed by atoms with Crippen molar-refractivity contribution in [1.29, 1.82) is 0 Å². The van der Waals surface area contributed by atoms with Crippen LogP contribution < -0.4 is 0 Å². The van der Waals surface area contributed by atoms with Crippen LogP contribution in [0.3, 0.4) is 0 Å². The fraction of sp³-hybridized carbons (Fsp3) is 0.455. The highest BCUT2D eigenvalue weighted by Crippen LogP contribution is 2.33. The van der Waals surface area contributed by atoms with Crippen LogP contribution >= 0.6 is 0 Å². The van der Waals surface area contributed by atoms with E-state index in [1.807, 2.05) is 0 Å². The van der Waals surface area contributed by atoms with Crippen molar-refractivity contribution in [2.24, 2.45) is 0 Å². The van der Waals surface area contributed by atoms with Crippen molar-refractivity contribution < 1.29 is 28.8 Å². The van der Waals surface area contributed by atoms with Gasteiger partial charge in [-0.05, 0) is 13.0 Å². The molecule has 0 bridgehead atoms. The third-order valence-corrected chi connectivity index (χ3v) is 3.00. The molecule has 1 saturated heterocycles. The molecule has 1 aliphatic heterocycles. The topological polar surface area (TPSA) is 123 Å². The third-order valence-electron chi connectivity index (χ3n) is 3.00. The number of nitro groups is 1. The van der Waals surface area contributed by atoms with Crippen LogP contribution in [0.4, 0.5) is 5.88 Å². The maximum absolute atomic E-state index is 11.8. The van der Waals surface area contributed by atoms with Gasteiger partial charge in [0.1, 0.15) is 23.3 Å². The minimum atomic E-state index is -1.32. The summed E-state index contributed by atoms with van der Waals surface area (Å²) in [6.07, 6.45) is -1.32. The zero-order chi connectivity index (χ0) is 14.9. The predicted octanol–water partition coefficient (Wildman–Crippen LogP) is 0.561. The maximum Gasteiger partial charge on any atom is 0.433 e. The van der Waals surface area contributed by atoms with Gasteiger partial charge in [0.15, 0.2) is 6.10 Å². The summed E-state index contributed by atoms with van der Waals surface area (Å²) < 4.78 is 10.0. The van der Waals surface area contributed by atoms with Gasteiger partial charge in [-0.15, -0.1) is 0 Å². The number of nitrogens with zero attached hydrogens (tertiary/aromatic N) is 2. The second kappa shape index (κ2) is 5.29. The molecule has 1 aliphatic rings. The average Bonchev–Trinajstić information content (AvgIpc) is 2.87. The lowest BCUT2D eigenvalue weighted by Crippen LogP contribution is -2.51. The normalized spacial score (nSPS) is 22.9. The van der Waals surface area contributed by atoms with Gasteiger partial charge in [-0.2, -0.15) is 0 Å². The van der Waals surface area contributed by atoms with E-state index in [2.05, 4.69) is 0 Å². The van der Waals surface area contributed by atoms with Gasteiger partial charge in [-0.25, -0.2) is 4.79 Å². The molecule has 9 nitrogen and oxygen atoms in total. The zero-order valence-corrected chi connectivity index (χ0v) is 10.5. The summed E-state index contributed by atoms with van der Waals surface area (Å²) in [6.45, 7) is 1.57. The number of hydrogen-bond donors (Lipinski definition) is 1. The quantitative estimate of drug-likeness (QED) is 0.632. The molecule has 0 aliphatic carbocycles. The molecule has 0 saturated carbocycles. The van der Waals surface area contributed by atoms with Crippen LogP contribution in [0.1, 0.15) is 18.7 Å². The highest BCUT2D eigenvalue weighted by molar-refractivity contribution is 5.82. The molecule has 0 spiro atoms. The molecule has 20 heavy (non-hydrogen) atoms. The van der Waals surface area contributed by atoms with E-state index in [9.17, 15) is 19.7 Å². The first kappa shape index (κ1) is 14.0. The Kier molecular flexibility index (Phi) is 3.70. The Hall–Kier alpha value is -2.42. The van der Waals surface area contributed by atoms with Crippen molar-refractivity contribution in [3.05, 3.63) is 28.0 Å². The SMILES string of the molecule is CCN1C(=O)COC(C(=O)O)C1c1ccc([N+](=O)[O-])o1. The fourth-order valence-electron chi connectivity index (χ4n) is 2.14. The second-order valence-electron chi connectivity index (χ2n) is 4.13. The first-order valence-electron chi connectivity index (χ1n) is 5.83. The lowest BCUT2D eigenvalue weighted by molar-refractivity contribution is -0.402. The zero-order valence-electron chi connectivity index (χ0n) is 10.5. The number of likely N-dealkylation sites (N-methyl/N-ethyl adjacent to an activating group) is 1. The van der Waals surface area contributed by atoms with Gasteiger partial charge in [-0.3, -0.25) is 14.9 Å². The Bertz CT molecular complexity index is 551. The second-order valence-corrected chi connectivity index (χ2v) is 4.13.